The van der Waals surface area contributed by atoms with Gasteiger partial charge in [-0.3, -0.25) is 9.59 Å². The molecule has 2 atom stereocenters. The number of rotatable bonds is 6. The highest BCUT2D eigenvalue weighted by Gasteiger charge is 1.99. The number of aliphatic carboxylic acids is 2. The highest BCUT2D eigenvalue weighted by Crippen LogP contribution is 1.97. The summed E-state index contributed by atoms with van der Waals surface area (Å²) in [5.74, 6) is -1.58. The second-order valence-electron chi connectivity index (χ2n) is 3.91. The van der Waals surface area contributed by atoms with Gasteiger partial charge in [0, 0.05) is 10.5 Å². The van der Waals surface area contributed by atoms with Crippen LogP contribution in [0.15, 0.2) is 0 Å². The Hall–Kier alpha value is -0.480. The number of hydrogen-bond donors (Lipinski definition) is 7. The van der Waals surface area contributed by atoms with Gasteiger partial charge in [0.25, 0.3) is 0 Å². The molecule has 0 heterocycles. The third kappa shape index (κ3) is 36.0. The lowest BCUT2D eigenvalue weighted by Gasteiger charge is -1.96. The minimum atomic E-state index is -0.954. The molecule has 5 N–H and O–H groups in total. The molecule has 122 valence electrons. The van der Waals surface area contributed by atoms with Gasteiger partial charge < -0.3 is 25.5 Å². The van der Waals surface area contributed by atoms with Crippen LogP contribution in [0.3, 0.4) is 0 Å². The van der Waals surface area contributed by atoms with E-state index in [0.717, 1.165) is 0 Å². The fraction of sp³-hybridized carbons (Fsp3) is 0.818. The van der Waals surface area contributed by atoms with Gasteiger partial charge in [-0.2, -0.15) is 25.3 Å². The van der Waals surface area contributed by atoms with Crippen molar-refractivity contribution in [3.63, 3.8) is 0 Å². The van der Waals surface area contributed by atoms with Crippen LogP contribution in [0.4, 0.5) is 0 Å². The van der Waals surface area contributed by atoms with Crippen LogP contribution in [0, 0.1) is 0 Å². The van der Waals surface area contributed by atoms with Crippen molar-refractivity contribution in [3.8, 4) is 0 Å². The van der Waals surface area contributed by atoms with Gasteiger partial charge in [-0.25, -0.2) is 0 Å². The summed E-state index contributed by atoms with van der Waals surface area (Å²) in [5.41, 5.74) is 0. The fourth-order valence-corrected chi connectivity index (χ4v) is 0.876. The second kappa shape index (κ2) is 16.6. The van der Waals surface area contributed by atoms with E-state index in [0.29, 0.717) is 0 Å². The maximum atomic E-state index is 9.76. The van der Waals surface area contributed by atoms with Crippen LogP contribution in [0.25, 0.3) is 0 Å². The van der Waals surface area contributed by atoms with Crippen molar-refractivity contribution in [1.82, 2.24) is 0 Å². The third-order valence-electron chi connectivity index (χ3n) is 1.36. The summed E-state index contributed by atoms with van der Waals surface area (Å²) >= 11 is 7.71. The average Bonchev–Trinajstić information content (AvgIpc) is 2.25. The van der Waals surface area contributed by atoms with Crippen molar-refractivity contribution >= 4 is 37.2 Å². The van der Waals surface area contributed by atoms with Crippen molar-refractivity contribution in [1.29, 1.82) is 0 Å². The lowest BCUT2D eigenvalue weighted by Crippen LogP contribution is -2.15. The number of hydrogen-bond acceptors (Lipinski definition) is 7. The summed E-state index contributed by atoms with van der Waals surface area (Å²) in [7, 11) is 0. The summed E-state index contributed by atoms with van der Waals surface area (Å²) in [4.78, 5) is 19.5. The van der Waals surface area contributed by atoms with E-state index in [1.54, 1.807) is 13.8 Å². The van der Waals surface area contributed by atoms with Gasteiger partial charge in [-0.1, -0.05) is 13.8 Å². The van der Waals surface area contributed by atoms with Gasteiger partial charge in [-0.05, 0) is 0 Å². The van der Waals surface area contributed by atoms with Gasteiger partial charge in [0.2, 0.25) is 0 Å². The molecule has 0 aliphatic carbocycles. The van der Waals surface area contributed by atoms with E-state index in [4.69, 9.17) is 25.5 Å². The number of carboxylic acids is 2. The largest absolute Gasteiger partial charge is 0.481 e. The number of carbonyl (C=O) groups is 2. The minimum absolute atomic E-state index is 0.0301. The fourth-order valence-electron chi connectivity index (χ4n) is 0.563. The Balaban J connectivity index is -0.000000218. The summed E-state index contributed by atoms with van der Waals surface area (Å²) in [6.45, 7) is 2.77. The molecule has 0 spiro atoms. The zero-order valence-electron chi connectivity index (χ0n) is 11.5. The molecule has 0 aromatic carbocycles. The molecule has 9 heteroatoms. The Morgan fingerprint density at radius 1 is 0.900 bits per heavy atom. The topological polar surface area (TPSA) is 135 Å². The van der Waals surface area contributed by atoms with E-state index in [9.17, 15) is 9.59 Å². The van der Waals surface area contributed by atoms with Crippen LogP contribution in [-0.2, 0) is 9.59 Å². The average molecular weight is 332 g/mol. The lowest BCUT2D eigenvalue weighted by molar-refractivity contribution is -0.137. The normalized spacial score (nSPS) is 12.4. The van der Waals surface area contributed by atoms with Crippen LogP contribution in [0.1, 0.15) is 26.7 Å². The molecule has 0 saturated heterocycles. The van der Waals surface area contributed by atoms with Gasteiger partial charge in [0.1, 0.15) is 6.10 Å². The van der Waals surface area contributed by atoms with Crippen LogP contribution < -0.4 is 0 Å². The summed E-state index contributed by atoms with van der Waals surface area (Å²) < 4.78 is 0. The molecule has 7 nitrogen and oxygen atoms in total. The van der Waals surface area contributed by atoms with E-state index in [-0.39, 0.29) is 36.6 Å². The maximum absolute atomic E-state index is 9.76. The first-order valence-corrected chi connectivity index (χ1v) is 6.79. The predicted molar refractivity (Wildman–Crippen MR) is 81.6 cm³/mol. The molecule has 0 aliphatic rings. The molecule has 0 aromatic rings. The summed E-state index contributed by atoms with van der Waals surface area (Å²) in [6.07, 6.45) is -0.670. The maximum Gasteiger partial charge on any atom is 0.304 e. The molecule has 0 aromatic heterocycles. The molecular formula is C11H24O7S2. The Morgan fingerprint density at radius 2 is 1.15 bits per heavy atom. The molecule has 0 bridgehead atoms. The van der Waals surface area contributed by atoms with E-state index in [1.807, 2.05) is 0 Å². The molecule has 0 amide bonds. The molecule has 0 saturated carbocycles. The quantitative estimate of drug-likeness (QED) is 0.337. The van der Waals surface area contributed by atoms with Crippen molar-refractivity contribution in [2.24, 2.45) is 0 Å². The van der Waals surface area contributed by atoms with Crippen molar-refractivity contribution in [3.05, 3.63) is 0 Å². The first-order chi connectivity index (χ1) is 9.06. The Labute approximate surface area is 129 Å². The summed E-state index contributed by atoms with van der Waals surface area (Å²) in [6, 6.07) is 0. The molecule has 2 unspecified atom stereocenters. The zero-order chi connectivity index (χ0) is 16.7. The van der Waals surface area contributed by atoms with Gasteiger partial charge in [0.05, 0.1) is 26.1 Å². The highest BCUT2D eigenvalue weighted by molar-refractivity contribution is 7.81. The molecular weight excluding hydrogens is 308 g/mol. The Kier molecular flexibility index (Phi) is 20.3. The van der Waals surface area contributed by atoms with Crippen LogP contribution in [0.2, 0.25) is 0 Å². The number of carboxylic acid groups (broad SMARTS) is 2. The lowest BCUT2D eigenvalue weighted by atomic mass is 10.3. The zero-order valence-corrected chi connectivity index (χ0v) is 13.3. The Bertz CT molecular complexity index is 223. The molecule has 0 radical (unpaired) electrons. The predicted octanol–water partition coefficient (Wildman–Crippen LogP) is -0.109. The third-order valence-corrected chi connectivity index (χ3v) is 1.73. The molecule has 20 heavy (non-hydrogen) atoms. The number of thiol groups is 2. The molecule has 0 aliphatic heterocycles. The Morgan fingerprint density at radius 3 is 1.15 bits per heavy atom. The van der Waals surface area contributed by atoms with Gasteiger partial charge in [-0.15, -0.1) is 0 Å². The monoisotopic (exact) mass is 332 g/mol. The summed E-state index contributed by atoms with van der Waals surface area (Å²) in [5, 5.41) is 40.0. The first kappa shape index (κ1) is 24.5. The highest BCUT2D eigenvalue weighted by atomic mass is 32.1. The second-order valence-corrected chi connectivity index (χ2v) is 5.68. The van der Waals surface area contributed by atoms with Crippen molar-refractivity contribution in [2.75, 3.05) is 13.2 Å². The molecule has 0 rings (SSSR count). The molecule has 0 fully saturated rings. The van der Waals surface area contributed by atoms with E-state index >= 15 is 0 Å². The van der Waals surface area contributed by atoms with Crippen molar-refractivity contribution < 1.29 is 35.1 Å². The first-order valence-electron chi connectivity index (χ1n) is 5.76. The van der Waals surface area contributed by atoms with Crippen LogP contribution in [0.5, 0.6) is 0 Å². The standard InChI is InChI=1S/2C4H8O2S.C3H8O3/c2*1-3(7)2-4(5)6;4-1-3(6)2-5/h2*3,7H,2H2,1H3,(H,5,6);3-6H,1-2H2. The SMILES string of the molecule is CC(S)CC(=O)O.CC(S)CC(=O)O.OCC(O)CO. The van der Waals surface area contributed by atoms with Gasteiger partial charge in [0.15, 0.2) is 0 Å². The van der Waals surface area contributed by atoms with E-state index in [1.165, 1.54) is 0 Å². The van der Waals surface area contributed by atoms with E-state index in [2.05, 4.69) is 25.3 Å². The smallest absolute Gasteiger partial charge is 0.304 e. The minimum Gasteiger partial charge on any atom is -0.481 e. The van der Waals surface area contributed by atoms with Crippen LogP contribution in [-0.4, -0.2) is 67.3 Å². The van der Waals surface area contributed by atoms with Crippen molar-refractivity contribution in [2.45, 2.75) is 43.3 Å². The number of aliphatic hydroxyl groups is 3. The van der Waals surface area contributed by atoms with Crippen LogP contribution >= 0.6 is 25.3 Å². The number of aliphatic hydroxyl groups excluding tert-OH is 3. The van der Waals surface area contributed by atoms with E-state index < -0.39 is 18.0 Å². The van der Waals surface area contributed by atoms with Gasteiger partial charge >= 0.3 is 11.9 Å².